The molecule has 0 saturated carbocycles. The third-order valence-corrected chi connectivity index (χ3v) is 2.15. The summed E-state index contributed by atoms with van der Waals surface area (Å²) in [5, 5.41) is 2.98. The number of esters is 1. The second-order valence-corrected chi connectivity index (χ2v) is 3.18. The number of nitrogens with one attached hydrogen (secondary N) is 1. The first-order valence-corrected chi connectivity index (χ1v) is 4.89. The molecule has 0 heterocycles. The van der Waals surface area contributed by atoms with Gasteiger partial charge in [-0.25, -0.2) is 4.79 Å². The summed E-state index contributed by atoms with van der Waals surface area (Å²) in [4.78, 5) is 11.3. The highest BCUT2D eigenvalue weighted by Gasteiger charge is 2.16. The Bertz CT molecular complexity index is 338. The van der Waals surface area contributed by atoms with Gasteiger partial charge in [0, 0.05) is 12.2 Å². The Morgan fingerprint density at radius 3 is 2.44 bits per heavy atom. The summed E-state index contributed by atoms with van der Waals surface area (Å²) in [5.41, 5.74) is 6.26. The average molecular weight is 224 g/mol. The van der Waals surface area contributed by atoms with E-state index in [1.54, 1.807) is 19.2 Å². The van der Waals surface area contributed by atoms with E-state index in [0.717, 1.165) is 11.4 Å². The van der Waals surface area contributed by atoms with Crippen molar-refractivity contribution in [2.24, 2.45) is 5.73 Å². The number of carbonyl (C=O) groups is 1. The van der Waals surface area contributed by atoms with Crippen molar-refractivity contribution in [1.29, 1.82) is 0 Å². The van der Waals surface area contributed by atoms with Crippen LogP contribution in [0.2, 0.25) is 0 Å². The van der Waals surface area contributed by atoms with Crippen LogP contribution in [0.4, 0.5) is 5.69 Å². The number of hydrogen-bond acceptors (Lipinski definition) is 5. The lowest BCUT2D eigenvalue weighted by Gasteiger charge is -2.15. The van der Waals surface area contributed by atoms with Crippen LogP contribution < -0.4 is 15.8 Å². The van der Waals surface area contributed by atoms with Crippen molar-refractivity contribution in [3.05, 3.63) is 24.3 Å². The number of methoxy groups -OCH3 is 2. The second-order valence-electron chi connectivity index (χ2n) is 3.18. The van der Waals surface area contributed by atoms with Crippen molar-refractivity contribution in [2.45, 2.75) is 6.04 Å². The Morgan fingerprint density at radius 1 is 1.38 bits per heavy atom. The van der Waals surface area contributed by atoms with Gasteiger partial charge < -0.3 is 20.5 Å². The molecular weight excluding hydrogens is 208 g/mol. The van der Waals surface area contributed by atoms with Crippen molar-refractivity contribution in [3.63, 3.8) is 0 Å². The van der Waals surface area contributed by atoms with Crippen LogP contribution in [0.25, 0.3) is 0 Å². The molecule has 1 aromatic carbocycles. The number of rotatable bonds is 5. The molecule has 1 aromatic rings. The smallest absolute Gasteiger partial charge is 0.329 e. The van der Waals surface area contributed by atoms with Crippen LogP contribution in [-0.4, -0.2) is 32.8 Å². The van der Waals surface area contributed by atoms with Gasteiger partial charge in [0.25, 0.3) is 0 Å². The van der Waals surface area contributed by atoms with Crippen molar-refractivity contribution in [1.82, 2.24) is 0 Å². The number of nitrogens with two attached hydrogens (primary N) is 1. The zero-order valence-electron chi connectivity index (χ0n) is 9.40. The van der Waals surface area contributed by atoms with E-state index in [0.29, 0.717) is 0 Å². The number of hydrogen-bond donors (Lipinski definition) is 2. The van der Waals surface area contributed by atoms with Crippen molar-refractivity contribution < 1.29 is 14.3 Å². The number of carbonyl (C=O) groups excluding carboxylic acids is 1. The van der Waals surface area contributed by atoms with Gasteiger partial charge in [-0.3, -0.25) is 0 Å². The van der Waals surface area contributed by atoms with E-state index >= 15 is 0 Å². The quantitative estimate of drug-likeness (QED) is 0.717. The maximum Gasteiger partial charge on any atom is 0.329 e. The lowest BCUT2D eigenvalue weighted by Crippen LogP contribution is -2.37. The Hall–Kier alpha value is -1.75. The minimum Gasteiger partial charge on any atom is -0.497 e. The van der Waals surface area contributed by atoms with Crippen LogP contribution in [0.5, 0.6) is 5.75 Å². The predicted molar refractivity (Wildman–Crippen MR) is 61.5 cm³/mol. The van der Waals surface area contributed by atoms with E-state index in [4.69, 9.17) is 10.5 Å². The van der Waals surface area contributed by atoms with E-state index in [2.05, 4.69) is 10.1 Å². The third-order valence-electron chi connectivity index (χ3n) is 2.15. The Morgan fingerprint density at radius 2 is 2.00 bits per heavy atom. The SMILES string of the molecule is COC(=O)C(CN)Nc1ccc(OC)cc1. The van der Waals surface area contributed by atoms with E-state index < -0.39 is 6.04 Å². The van der Waals surface area contributed by atoms with Gasteiger partial charge in [0.05, 0.1) is 14.2 Å². The molecule has 16 heavy (non-hydrogen) atoms. The zero-order chi connectivity index (χ0) is 12.0. The van der Waals surface area contributed by atoms with Crippen molar-refractivity contribution in [2.75, 3.05) is 26.1 Å². The van der Waals surface area contributed by atoms with Crippen LogP contribution >= 0.6 is 0 Å². The summed E-state index contributed by atoms with van der Waals surface area (Å²) in [5.74, 6) is 0.381. The summed E-state index contributed by atoms with van der Waals surface area (Å²) in [6.07, 6.45) is 0. The van der Waals surface area contributed by atoms with Gasteiger partial charge in [0.1, 0.15) is 11.8 Å². The fraction of sp³-hybridized carbons (Fsp3) is 0.364. The first-order chi connectivity index (χ1) is 7.71. The minimum atomic E-state index is -0.529. The van der Waals surface area contributed by atoms with Gasteiger partial charge in [-0.2, -0.15) is 0 Å². The van der Waals surface area contributed by atoms with Gasteiger partial charge in [-0.1, -0.05) is 0 Å². The highest BCUT2D eigenvalue weighted by atomic mass is 16.5. The van der Waals surface area contributed by atoms with Gasteiger partial charge in [-0.15, -0.1) is 0 Å². The van der Waals surface area contributed by atoms with Gasteiger partial charge >= 0.3 is 5.97 Å². The molecule has 0 aromatic heterocycles. The lowest BCUT2D eigenvalue weighted by molar-refractivity contribution is -0.141. The lowest BCUT2D eigenvalue weighted by atomic mass is 10.2. The monoisotopic (exact) mass is 224 g/mol. The molecule has 1 atom stereocenters. The van der Waals surface area contributed by atoms with Gasteiger partial charge in [0.15, 0.2) is 0 Å². The van der Waals surface area contributed by atoms with E-state index in [1.165, 1.54) is 7.11 Å². The molecule has 88 valence electrons. The fourth-order valence-electron chi connectivity index (χ4n) is 1.24. The summed E-state index contributed by atoms with van der Waals surface area (Å²) in [6.45, 7) is 0.179. The van der Waals surface area contributed by atoms with Crippen LogP contribution in [0.3, 0.4) is 0 Å². The molecule has 0 aliphatic rings. The van der Waals surface area contributed by atoms with E-state index in [-0.39, 0.29) is 12.5 Å². The summed E-state index contributed by atoms with van der Waals surface area (Å²) in [7, 11) is 2.93. The number of benzene rings is 1. The van der Waals surface area contributed by atoms with Crippen molar-refractivity contribution in [3.8, 4) is 5.75 Å². The van der Waals surface area contributed by atoms with Crippen molar-refractivity contribution >= 4 is 11.7 Å². The Labute approximate surface area is 94.5 Å². The summed E-state index contributed by atoms with van der Waals surface area (Å²) >= 11 is 0. The molecule has 0 spiro atoms. The maximum absolute atomic E-state index is 11.3. The Kier molecular flexibility index (Phi) is 4.60. The molecule has 0 aliphatic carbocycles. The second kappa shape index (κ2) is 5.97. The minimum absolute atomic E-state index is 0.179. The van der Waals surface area contributed by atoms with Crippen LogP contribution in [0.1, 0.15) is 0 Å². The molecule has 1 rings (SSSR count). The molecular formula is C11H16N2O3. The topological polar surface area (TPSA) is 73.6 Å². The van der Waals surface area contributed by atoms with Gasteiger partial charge in [-0.05, 0) is 24.3 Å². The highest BCUT2D eigenvalue weighted by molar-refractivity contribution is 5.79. The molecule has 0 amide bonds. The predicted octanol–water partition coefficient (Wildman–Crippen LogP) is 0.607. The fourth-order valence-corrected chi connectivity index (χ4v) is 1.24. The van der Waals surface area contributed by atoms with E-state index in [9.17, 15) is 4.79 Å². The van der Waals surface area contributed by atoms with Crippen LogP contribution in [-0.2, 0) is 9.53 Å². The van der Waals surface area contributed by atoms with Crippen LogP contribution in [0.15, 0.2) is 24.3 Å². The molecule has 5 nitrogen and oxygen atoms in total. The Balaban J connectivity index is 2.66. The standard InChI is InChI=1S/C11H16N2O3/c1-15-9-5-3-8(4-6-9)13-10(7-12)11(14)16-2/h3-6,10,13H,7,12H2,1-2H3. The molecule has 0 fully saturated rings. The molecule has 0 aliphatic heterocycles. The molecule has 0 bridgehead atoms. The zero-order valence-corrected chi connectivity index (χ0v) is 9.40. The van der Waals surface area contributed by atoms with Gasteiger partial charge in [0.2, 0.25) is 0 Å². The first kappa shape index (κ1) is 12.3. The molecule has 5 heteroatoms. The summed E-state index contributed by atoms with van der Waals surface area (Å²) in [6, 6.07) is 6.69. The largest absolute Gasteiger partial charge is 0.497 e. The van der Waals surface area contributed by atoms with Crippen LogP contribution in [0, 0.1) is 0 Å². The molecule has 0 radical (unpaired) electrons. The molecule has 1 unspecified atom stereocenters. The third kappa shape index (κ3) is 3.13. The first-order valence-electron chi connectivity index (χ1n) is 4.89. The number of anilines is 1. The average Bonchev–Trinajstić information content (AvgIpc) is 2.35. The normalized spacial score (nSPS) is 11.7. The molecule has 3 N–H and O–H groups in total. The maximum atomic E-state index is 11.3. The van der Waals surface area contributed by atoms with E-state index in [1.807, 2.05) is 12.1 Å². The molecule has 0 saturated heterocycles. The summed E-state index contributed by atoms with van der Waals surface area (Å²) < 4.78 is 9.64. The number of ether oxygens (including phenoxy) is 2. The highest BCUT2D eigenvalue weighted by Crippen LogP contribution is 2.15.